The molecule has 1 atom stereocenters. The number of hydrogen-bond donors (Lipinski definition) is 3. The predicted octanol–water partition coefficient (Wildman–Crippen LogP) is -0.330. The summed E-state index contributed by atoms with van der Waals surface area (Å²) in [6, 6.07) is 3.06. The van der Waals surface area contributed by atoms with Crippen LogP contribution < -0.4 is 32.6 Å². The molecule has 11 nitrogen and oxygen atoms in total. The van der Waals surface area contributed by atoms with Gasteiger partial charge in [0, 0.05) is 28.8 Å². The normalized spacial score (nSPS) is 13.2. The maximum atomic E-state index is 13.5. The molecule has 176 valence electrons. The average Bonchev–Trinajstić information content (AvgIpc) is 2.64. The zero-order valence-electron chi connectivity index (χ0n) is 19.3. The van der Waals surface area contributed by atoms with Crippen molar-refractivity contribution < 1.29 is 15.2 Å². The minimum Gasteiger partial charge on any atom is -0.860 e. The third-order valence-electron chi connectivity index (χ3n) is 5.22. The zero-order chi connectivity index (χ0) is 24.9. The Labute approximate surface area is 188 Å². The Morgan fingerprint density at radius 3 is 1.79 bits per heavy atom. The van der Waals surface area contributed by atoms with Crippen LogP contribution in [0.1, 0.15) is 64.2 Å². The Morgan fingerprint density at radius 1 is 0.848 bits per heavy atom. The zero-order valence-corrected chi connectivity index (χ0v) is 19.3. The lowest BCUT2D eigenvalue weighted by molar-refractivity contribution is -0.378. The molecule has 0 fully saturated rings. The minimum absolute atomic E-state index is 0.315. The van der Waals surface area contributed by atoms with Gasteiger partial charge in [-0.15, -0.1) is 0 Å². The fraction of sp³-hybridized carbons (Fsp3) is 0.409. The maximum Gasteiger partial charge on any atom is 0.331 e. The Bertz CT molecular complexity index is 1340. The van der Waals surface area contributed by atoms with E-state index in [1.165, 1.54) is 24.5 Å². The number of aromatic nitrogens is 5. The van der Waals surface area contributed by atoms with Gasteiger partial charge in [0.15, 0.2) is 12.4 Å². The van der Waals surface area contributed by atoms with Crippen molar-refractivity contribution in [3.63, 3.8) is 0 Å². The SMILES string of the molecule is CC(C)(C)n1c([O-])c([C@@H](c2cc[nH+]cc2)c2c(O)n(C(C)(C)C)c(=O)[nH]c2=O)c(=O)[nH]c1=O. The lowest BCUT2D eigenvalue weighted by Crippen LogP contribution is -2.44. The Morgan fingerprint density at radius 2 is 1.30 bits per heavy atom. The van der Waals surface area contributed by atoms with Crippen molar-refractivity contribution >= 4 is 0 Å². The van der Waals surface area contributed by atoms with Crippen LogP contribution >= 0.6 is 0 Å². The molecule has 0 aromatic carbocycles. The molecule has 0 saturated carbocycles. The highest BCUT2D eigenvalue weighted by molar-refractivity contribution is 5.47. The molecular weight excluding hydrogens is 430 g/mol. The van der Waals surface area contributed by atoms with E-state index in [1.807, 2.05) is 0 Å². The van der Waals surface area contributed by atoms with Gasteiger partial charge in [-0.25, -0.2) is 14.6 Å². The first-order chi connectivity index (χ1) is 15.2. The van der Waals surface area contributed by atoms with E-state index in [2.05, 4.69) is 15.0 Å². The number of pyridine rings is 1. The molecule has 0 saturated heterocycles. The molecule has 0 aliphatic heterocycles. The van der Waals surface area contributed by atoms with Gasteiger partial charge in [-0.2, -0.15) is 0 Å². The molecule has 0 aliphatic carbocycles. The van der Waals surface area contributed by atoms with Gasteiger partial charge in [0.2, 0.25) is 5.88 Å². The van der Waals surface area contributed by atoms with Gasteiger partial charge in [-0.1, -0.05) is 0 Å². The molecule has 3 aromatic heterocycles. The summed E-state index contributed by atoms with van der Waals surface area (Å²) in [5.41, 5.74) is -6.08. The van der Waals surface area contributed by atoms with Crippen molar-refractivity contribution in [2.75, 3.05) is 0 Å². The highest BCUT2D eigenvalue weighted by atomic mass is 16.3. The molecule has 0 amide bonds. The fourth-order valence-corrected chi connectivity index (χ4v) is 3.88. The van der Waals surface area contributed by atoms with E-state index in [0.29, 0.717) is 5.56 Å². The lowest BCUT2D eigenvalue weighted by Gasteiger charge is -2.32. The summed E-state index contributed by atoms with van der Waals surface area (Å²) in [4.78, 5) is 58.0. The fourth-order valence-electron chi connectivity index (χ4n) is 3.88. The number of aromatic amines is 3. The van der Waals surface area contributed by atoms with Crippen LogP contribution in [0.2, 0.25) is 0 Å². The lowest BCUT2D eigenvalue weighted by atomic mass is 9.86. The van der Waals surface area contributed by atoms with E-state index in [4.69, 9.17) is 0 Å². The molecule has 3 rings (SSSR count). The van der Waals surface area contributed by atoms with Gasteiger partial charge >= 0.3 is 11.4 Å². The molecule has 0 radical (unpaired) electrons. The molecule has 33 heavy (non-hydrogen) atoms. The van der Waals surface area contributed by atoms with Gasteiger partial charge in [0.1, 0.15) is 0 Å². The molecule has 0 bridgehead atoms. The smallest absolute Gasteiger partial charge is 0.331 e. The summed E-state index contributed by atoms with van der Waals surface area (Å²) >= 11 is 0. The summed E-state index contributed by atoms with van der Waals surface area (Å²) in [7, 11) is 0. The van der Waals surface area contributed by atoms with Crippen LogP contribution in [-0.4, -0.2) is 24.2 Å². The van der Waals surface area contributed by atoms with Gasteiger partial charge < -0.3 is 14.8 Å². The van der Waals surface area contributed by atoms with Crippen molar-refractivity contribution in [2.24, 2.45) is 0 Å². The summed E-state index contributed by atoms with van der Waals surface area (Å²) in [6.07, 6.45) is 3.04. The average molecular weight is 457 g/mol. The van der Waals surface area contributed by atoms with Crippen molar-refractivity contribution in [3.05, 3.63) is 82.9 Å². The van der Waals surface area contributed by atoms with Crippen molar-refractivity contribution in [1.82, 2.24) is 19.1 Å². The molecule has 0 aliphatic rings. The van der Waals surface area contributed by atoms with E-state index in [9.17, 15) is 29.4 Å². The topological polar surface area (TPSA) is 167 Å². The highest BCUT2D eigenvalue weighted by Gasteiger charge is 2.33. The van der Waals surface area contributed by atoms with Crippen LogP contribution in [0.4, 0.5) is 0 Å². The third-order valence-corrected chi connectivity index (χ3v) is 5.22. The first-order valence-corrected chi connectivity index (χ1v) is 10.3. The van der Waals surface area contributed by atoms with Crippen LogP contribution in [0.25, 0.3) is 0 Å². The van der Waals surface area contributed by atoms with Crippen LogP contribution in [0.15, 0.2) is 43.7 Å². The number of aromatic hydroxyl groups is 1. The van der Waals surface area contributed by atoms with Crippen molar-refractivity contribution in [3.8, 4) is 11.8 Å². The molecule has 4 N–H and O–H groups in total. The maximum absolute atomic E-state index is 13.5. The van der Waals surface area contributed by atoms with E-state index in [1.54, 1.807) is 41.5 Å². The number of nitrogens with zero attached hydrogens (tertiary/aromatic N) is 2. The summed E-state index contributed by atoms with van der Waals surface area (Å²) in [5, 5.41) is 24.6. The highest BCUT2D eigenvalue weighted by Crippen LogP contribution is 2.36. The number of hydrogen-bond acceptors (Lipinski definition) is 6. The Hall–Kier alpha value is -3.89. The summed E-state index contributed by atoms with van der Waals surface area (Å²) in [6.45, 7) is 9.80. The van der Waals surface area contributed by atoms with E-state index in [-0.39, 0.29) is 5.56 Å². The van der Waals surface area contributed by atoms with Gasteiger partial charge in [-0.05, 0) is 53.0 Å². The van der Waals surface area contributed by atoms with Crippen LogP contribution in [0.3, 0.4) is 0 Å². The molecule has 0 spiro atoms. The largest absolute Gasteiger partial charge is 0.860 e. The second-order valence-corrected chi connectivity index (χ2v) is 9.75. The van der Waals surface area contributed by atoms with Crippen LogP contribution in [0.5, 0.6) is 11.8 Å². The van der Waals surface area contributed by atoms with Crippen LogP contribution in [0, 0.1) is 0 Å². The quantitative estimate of drug-likeness (QED) is 0.487. The molecule has 3 aromatic rings. The van der Waals surface area contributed by atoms with Crippen LogP contribution in [-0.2, 0) is 11.1 Å². The van der Waals surface area contributed by atoms with Gasteiger partial charge in [-0.3, -0.25) is 24.1 Å². The predicted molar refractivity (Wildman–Crippen MR) is 118 cm³/mol. The van der Waals surface area contributed by atoms with Gasteiger partial charge in [0.25, 0.3) is 11.1 Å². The Kier molecular flexibility index (Phi) is 5.70. The number of rotatable bonds is 3. The minimum atomic E-state index is -1.37. The second kappa shape index (κ2) is 7.91. The monoisotopic (exact) mass is 457 g/mol. The standard InChI is InChI=1S/C22H27N5O6/c1-21(2,3)26-17(30)13(15(28)24-19(26)32)12(11-7-9-23-10-8-11)14-16(29)25-20(33)27(18(14)31)22(4,5)6/h7-10,12,30-31H,1-6H3,(H,24,28,32)(H,25,29,33). The molecule has 3 heterocycles. The Balaban J connectivity index is 2.56. The number of nitrogens with one attached hydrogen (secondary N) is 3. The van der Waals surface area contributed by atoms with Crippen molar-refractivity contribution in [2.45, 2.75) is 58.5 Å². The van der Waals surface area contributed by atoms with Crippen molar-refractivity contribution in [1.29, 1.82) is 0 Å². The molecular formula is C22H27N5O6. The summed E-state index contributed by atoms with van der Waals surface area (Å²) < 4.78 is 1.86. The van der Waals surface area contributed by atoms with Gasteiger partial charge in [0.05, 0.1) is 11.5 Å². The molecule has 11 heteroatoms. The molecule has 0 unspecified atom stereocenters. The first-order valence-electron chi connectivity index (χ1n) is 10.3. The van der Waals surface area contributed by atoms with E-state index >= 15 is 0 Å². The first kappa shape index (κ1) is 23.8. The van der Waals surface area contributed by atoms with E-state index < -0.39 is 56.8 Å². The second-order valence-electron chi connectivity index (χ2n) is 9.75. The number of H-pyrrole nitrogens is 3. The van der Waals surface area contributed by atoms with E-state index in [0.717, 1.165) is 9.13 Å². The summed E-state index contributed by atoms with van der Waals surface area (Å²) in [5.74, 6) is -2.95. The third kappa shape index (κ3) is 4.13.